The molecule has 7 heteroatoms. The molecule has 1 aliphatic rings. The number of hydrogen-bond acceptors (Lipinski definition) is 6. The molecule has 1 aromatic carbocycles. The molecular weight excluding hydrogens is 368 g/mol. The van der Waals surface area contributed by atoms with E-state index in [1.807, 2.05) is 24.4 Å². The van der Waals surface area contributed by atoms with Gasteiger partial charge >= 0.3 is 0 Å². The minimum atomic E-state index is 0.914. The molecular formula is C21H22N6S. The normalized spacial score (nSPS) is 15.4. The number of piperazine rings is 1. The van der Waals surface area contributed by atoms with Crippen molar-refractivity contribution in [1.82, 2.24) is 25.1 Å². The van der Waals surface area contributed by atoms with Gasteiger partial charge in [0.05, 0.1) is 11.2 Å². The molecule has 0 saturated carbocycles. The Kier molecular flexibility index (Phi) is 4.33. The molecule has 28 heavy (non-hydrogen) atoms. The molecule has 4 aromatic rings. The highest BCUT2D eigenvalue weighted by Crippen LogP contribution is 2.35. The first-order chi connectivity index (χ1) is 13.7. The average molecular weight is 391 g/mol. The first kappa shape index (κ1) is 17.3. The first-order valence-corrected chi connectivity index (χ1v) is 10.3. The predicted octanol–water partition coefficient (Wildman–Crippen LogP) is 3.81. The van der Waals surface area contributed by atoms with Crippen molar-refractivity contribution in [3.8, 4) is 22.0 Å². The van der Waals surface area contributed by atoms with E-state index in [0.717, 1.165) is 64.9 Å². The zero-order chi connectivity index (χ0) is 19.1. The maximum absolute atomic E-state index is 4.90. The van der Waals surface area contributed by atoms with Crippen molar-refractivity contribution in [2.24, 2.45) is 0 Å². The van der Waals surface area contributed by atoms with Gasteiger partial charge in [-0.3, -0.25) is 5.10 Å². The number of para-hydroxylation sites is 1. The molecule has 0 bridgehead atoms. The number of H-pyrrole nitrogens is 1. The number of aromatic amines is 1. The maximum Gasteiger partial charge on any atom is 0.145 e. The van der Waals surface area contributed by atoms with Gasteiger partial charge in [0.2, 0.25) is 0 Å². The molecule has 4 heterocycles. The van der Waals surface area contributed by atoms with E-state index >= 15 is 0 Å². The number of pyridine rings is 1. The summed E-state index contributed by atoms with van der Waals surface area (Å²) < 4.78 is 0. The summed E-state index contributed by atoms with van der Waals surface area (Å²) in [6.45, 7) is 6.31. The molecule has 3 aromatic heterocycles. The van der Waals surface area contributed by atoms with E-state index in [2.05, 4.69) is 52.2 Å². The number of rotatable bonds is 3. The van der Waals surface area contributed by atoms with Gasteiger partial charge in [0.25, 0.3) is 0 Å². The van der Waals surface area contributed by atoms with Crippen LogP contribution >= 0.6 is 11.3 Å². The Morgan fingerprint density at radius 1 is 1.00 bits per heavy atom. The van der Waals surface area contributed by atoms with Crippen LogP contribution in [0.2, 0.25) is 0 Å². The molecule has 0 unspecified atom stereocenters. The van der Waals surface area contributed by atoms with E-state index in [0.29, 0.717) is 0 Å². The number of benzene rings is 1. The summed E-state index contributed by atoms with van der Waals surface area (Å²) in [6.07, 6.45) is 1.95. The molecule has 0 aliphatic carbocycles. The quantitative estimate of drug-likeness (QED) is 0.576. The molecule has 1 fully saturated rings. The second-order valence-electron chi connectivity index (χ2n) is 7.24. The Morgan fingerprint density at radius 2 is 1.82 bits per heavy atom. The molecule has 0 amide bonds. The van der Waals surface area contributed by atoms with Crippen molar-refractivity contribution in [3.63, 3.8) is 0 Å². The number of thiazole rings is 1. The SMILES string of the molecule is Cc1sc(-c2n[nH]c3ccccc23)nc1-c1ccc(N2CCN(C)CC2)nc1. The summed E-state index contributed by atoms with van der Waals surface area (Å²) in [5.74, 6) is 1.04. The molecule has 1 N–H and O–H groups in total. The molecule has 0 spiro atoms. The van der Waals surface area contributed by atoms with E-state index in [4.69, 9.17) is 9.97 Å². The van der Waals surface area contributed by atoms with Gasteiger partial charge < -0.3 is 9.80 Å². The number of aryl methyl sites for hydroxylation is 1. The van der Waals surface area contributed by atoms with E-state index in [-0.39, 0.29) is 0 Å². The highest BCUT2D eigenvalue weighted by molar-refractivity contribution is 7.15. The number of nitrogens with one attached hydrogen (secondary N) is 1. The van der Waals surface area contributed by atoms with Gasteiger partial charge in [0.1, 0.15) is 16.5 Å². The molecule has 1 saturated heterocycles. The van der Waals surface area contributed by atoms with Crippen LogP contribution < -0.4 is 4.90 Å². The standard InChI is InChI=1S/C21H22N6S/c1-14-19(15-7-8-18(22-13-15)27-11-9-26(2)10-12-27)23-21(28-14)20-16-5-3-4-6-17(16)24-25-20/h3-8,13H,9-12H2,1-2H3,(H,24,25). The topological polar surface area (TPSA) is 60.9 Å². The number of fused-ring (bicyclic) bond motifs is 1. The van der Waals surface area contributed by atoms with Crippen molar-refractivity contribution in [1.29, 1.82) is 0 Å². The van der Waals surface area contributed by atoms with Crippen molar-refractivity contribution < 1.29 is 0 Å². The van der Waals surface area contributed by atoms with Crippen molar-refractivity contribution in [2.75, 3.05) is 38.1 Å². The zero-order valence-electron chi connectivity index (χ0n) is 16.0. The highest BCUT2D eigenvalue weighted by atomic mass is 32.1. The second kappa shape index (κ2) is 7.00. The number of hydrogen-bond donors (Lipinski definition) is 1. The first-order valence-electron chi connectivity index (χ1n) is 9.50. The van der Waals surface area contributed by atoms with E-state index in [1.165, 1.54) is 4.88 Å². The Balaban J connectivity index is 1.44. The fraction of sp³-hybridized carbons (Fsp3) is 0.286. The van der Waals surface area contributed by atoms with Gasteiger partial charge in [-0.05, 0) is 32.2 Å². The van der Waals surface area contributed by atoms with E-state index in [1.54, 1.807) is 11.3 Å². The van der Waals surface area contributed by atoms with Crippen molar-refractivity contribution in [3.05, 3.63) is 47.5 Å². The van der Waals surface area contributed by atoms with Crippen molar-refractivity contribution >= 4 is 28.1 Å². The fourth-order valence-electron chi connectivity index (χ4n) is 3.64. The van der Waals surface area contributed by atoms with Crippen LogP contribution in [0.4, 0.5) is 5.82 Å². The lowest BCUT2D eigenvalue weighted by Crippen LogP contribution is -2.44. The van der Waals surface area contributed by atoms with E-state index in [9.17, 15) is 0 Å². The monoisotopic (exact) mass is 390 g/mol. The minimum absolute atomic E-state index is 0.914. The number of likely N-dealkylation sites (N-methyl/N-ethyl adjacent to an activating group) is 1. The lowest BCUT2D eigenvalue weighted by atomic mass is 10.2. The van der Waals surface area contributed by atoms with Crippen LogP contribution in [0, 0.1) is 6.92 Å². The van der Waals surface area contributed by atoms with Gasteiger partial charge in [-0.15, -0.1) is 11.3 Å². The Bertz CT molecular complexity index is 1110. The number of nitrogens with zero attached hydrogens (tertiary/aromatic N) is 5. The summed E-state index contributed by atoms with van der Waals surface area (Å²) in [6, 6.07) is 12.4. The molecule has 0 radical (unpaired) electrons. The Labute approximate surface area is 167 Å². The molecule has 6 nitrogen and oxygen atoms in total. The van der Waals surface area contributed by atoms with E-state index < -0.39 is 0 Å². The molecule has 1 aliphatic heterocycles. The fourth-order valence-corrected chi connectivity index (χ4v) is 4.58. The molecule has 142 valence electrons. The predicted molar refractivity (Wildman–Crippen MR) is 115 cm³/mol. The highest BCUT2D eigenvalue weighted by Gasteiger charge is 2.18. The van der Waals surface area contributed by atoms with Crippen LogP contribution in [0.5, 0.6) is 0 Å². The number of anilines is 1. The summed E-state index contributed by atoms with van der Waals surface area (Å²) in [7, 11) is 2.17. The lowest BCUT2D eigenvalue weighted by Gasteiger charge is -2.33. The third kappa shape index (κ3) is 3.06. The molecule has 0 atom stereocenters. The van der Waals surface area contributed by atoms with Crippen LogP contribution in [0.3, 0.4) is 0 Å². The van der Waals surface area contributed by atoms with Crippen LogP contribution in [-0.4, -0.2) is 58.3 Å². The average Bonchev–Trinajstić information content (AvgIpc) is 3.32. The van der Waals surface area contributed by atoms with Gasteiger partial charge in [0.15, 0.2) is 0 Å². The van der Waals surface area contributed by atoms with Gasteiger partial charge in [-0.25, -0.2) is 9.97 Å². The lowest BCUT2D eigenvalue weighted by molar-refractivity contribution is 0.312. The van der Waals surface area contributed by atoms with Gasteiger partial charge in [0, 0.05) is 48.2 Å². The zero-order valence-corrected chi connectivity index (χ0v) is 16.8. The maximum atomic E-state index is 4.90. The van der Waals surface area contributed by atoms with Crippen LogP contribution in [0.15, 0.2) is 42.6 Å². The smallest absolute Gasteiger partial charge is 0.145 e. The third-order valence-corrected chi connectivity index (χ3v) is 6.30. The Morgan fingerprint density at radius 3 is 2.61 bits per heavy atom. The van der Waals surface area contributed by atoms with Crippen LogP contribution in [-0.2, 0) is 0 Å². The van der Waals surface area contributed by atoms with Gasteiger partial charge in [-0.2, -0.15) is 5.10 Å². The minimum Gasteiger partial charge on any atom is -0.354 e. The summed E-state index contributed by atoms with van der Waals surface area (Å²) in [5, 5.41) is 9.63. The molecule has 5 rings (SSSR count). The third-order valence-electron chi connectivity index (χ3n) is 5.32. The summed E-state index contributed by atoms with van der Waals surface area (Å²) >= 11 is 1.68. The van der Waals surface area contributed by atoms with Crippen LogP contribution in [0.25, 0.3) is 32.9 Å². The van der Waals surface area contributed by atoms with Gasteiger partial charge in [-0.1, -0.05) is 18.2 Å². The Hall–Kier alpha value is -2.77. The largest absolute Gasteiger partial charge is 0.354 e. The summed E-state index contributed by atoms with van der Waals surface area (Å²) in [4.78, 5) is 15.5. The number of aromatic nitrogens is 4. The second-order valence-corrected chi connectivity index (χ2v) is 8.44. The van der Waals surface area contributed by atoms with Crippen molar-refractivity contribution in [2.45, 2.75) is 6.92 Å². The van der Waals surface area contributed by atoms with Crippen LogP contribution in [0.1, 0.15) is 4.88 Å². The summed E-state index contributed by atoms with van der Waals surface area (Å²) in [5.41, 5.74) is 3.99.